The molecular formula is C37H68N2O13. The molecule has 3 aliphatic heterocycles. The summed E-state index contributed by atoms with van der Waals surface area (Å²) >= 11 is 0. The molecule has 0 radical (unpaired) electrons. The summed E-state index contributed by atoms with van der Waals surface area (Å²) in [6.45, 7) is 16.6. The Labute approximate surface area is 309 Å². The summed E-state index contributed by atoms with van der Waals surface area (Å²) in [5.74, 6) is -4.24. The Morgan fingerprint density at radius 1 is 0.923 bits per heavy atom. The number of aliphatic hydroxyl groups excluding tert-OH is 3. The number of ether oxygens (including phenoxy) is 6. The average molecular weight is 749 g/mol. The molecule has 0 aromatic heterocycles. The molecule has 3 saturated heterocycles. The molecule has 304 valence electrons. The molecule has 0 amide bonds. The Kier molecular flexibility index (Phi) is 15.1. The van der Waals surface area contributed by atoms with Crippen LogP contribution in [0.25, 0.3) is 0 Å². The number of esters is 1. The Bertz CT molecular complexity index is 1200. The van der Waals surface area contributed by atoms with Crippen molar-refractivity contribution < 1.29 is 64.0 Å². The molecule has 52 heavy (non-hydrogen) atoms. The van der Waals surface area contributed by atoms with Crippen molar-refractivity contribution in [3.05, 3.63) is 0 Å². The first-order valence-electron chi connectivity index (χ1n) is 18.7. The molecule has 0 aliphatic carbocycles. The van der Waals surface area contributed by atoms with Crippen LogP contribution < -0.4 is 0 Å². The lowest BCUT2D eigenvalue weighted by atomic mass is 9.73. The predicted octanol–water partition coefficient (Wildman–Crippen LogP) is 2.05. The van der Waals surface area contributed by atoms with Gasteiger partial charge < -0.3 is 64.1 Å². The van der Waals surface area contributed by atoms with E-state index in [0.29, 0.717) is 6.42 Å². The first kappa shape index (κ1) is 44.9. The van der Waals surface area contributed by atoms with Crippen molar-refractivity contribution in [1.82, 2.24) is 4.90 Å². The first-order valence-corrected chi connectivity index (χ1v) is 18.7. The van der Waals surface area contributed by atoms with E-state index in [2.05, 4.69) is 5.16 Å². The van der Waals surface area contributed by atoms with Gasteiger partial charge in [-0.15, -0.1) is 0 Å². The van der Waals surface area contributed by atoms with Crippen molar-refractivity contribution in [3.8, 4) is 0 Å². The number of carbonyl (C=O) groups excluding carboxylic acids is 1. The lowest BCUT2D eigenvalue weighted by Gasteiger charge is -2.49. The highest BCUT2D eigenvalue weighted by Gasteiger charge is 2.53. The number of carbonyl (C=O) groups is 1. The van der Waals surface area contributed by atoms with Gasteiger partial charge in [0.05, 0.1) is 53.4 Å². The molecule has 3 heterocycles. The van der Waals surface area contributed by atoms with Crippen LogP contribution in [0.2, 0.25) is 0 Å². The molecule has 15 nitrogen and oxygen atoms in total. The van der Waals surface area contributed by atoms with Gasteiger partial charge in [-0.25, -0.2) is 0 Å². The van der Waals surface area contributed by atoms with Crippen molar-refractivity contribution in [2.24, 2.45) is 28.8 Å². The number of hydrogen-bond acceptors (Lipinski definition) is 15. The summed E-state index contributed by atoms with van der Waals surface area (Å²) in [5, 5.41) is 71.8. The van der Waals surface area contributed by atoms with Gasteiger partial charge in [-0.05, 0) is 74.9 Å². The average Bonchev–Trinajstić information content (AvgIpc) is 3.06. The number of oxime groups is 1. The molecule has 0 bridgehead atoms. The fourth-order valence-corrected chi connectivity index (χ4v) is 8.61. The minimum Gasteiger partial charge on any atom is -0.459 e. The fraction of sp³-hybridized carbons (Fsp3) is 0.946. The summed E-state index contributed by atoms with van der Waals surface area (Å²) in [6.07, 6.45) is -9.51. The number of hydrogen-bond donors (Lipinski definition) is 6. The Hall–Kier alpha value is -1.50. The van der Waals surface area contributed by atoms with Crippen molar-refractivity contribution in [2.45, 2.75) is 179 Å². The summed E-state index contributed by atoms with van der Waals surface area (Å²) in [5.41, 5.74) is -4.68. The third kappa shape index (κ3) is 9.47. The number of nitrogens with zero attached hydrogens (tertiary/aromatic N) is 2. The van der Waals surface area contributed by atoms with E-state index >= 15 is 0 Å². The SMILES string of the molecule is CC[C@H]1OC(=O)[C@H](C)[C@@H](O[C@H]2C[C@](C)(OC)[C@@H](O)C(C)O2)[C@H](C)[C@@H](O[C@@H]2OC(C)C[C@@H](N(C)C)C2O)[C@](C)(O)C[C@@H](C)/C(=N/O)[C@H](C)[C@@H](O)[C@]1(C)O. The van der Waals surface area contributed by atoms with E-state index in [9.17, 15) is 35.5 Å². The number of cyclic esters (lactones) is 1. The van der Waals surface area contributed by atoms with Crippen LogP contribution in [0.15, 0.2) is 5.16 Å². The van der Waals surface area contributed by atoms with Crippen molar-refractivity contribution in [1.29, 1.82) is 0 Å². The van der Waals surface area contributed by atoms with Crippen LogP contribution in [-0.2, 0) is 33.2 Å². The van der Waals surface area contributed by atoms with Crippen LogP contribution >= 0.6 is 0 Å². The van der Waals surface area contributed by atoms with Crippen LogP contribution in [-0.4, -0.2) is 153 Å². The molecule has 15 heteroatoms. The highest BCUT2D eigenvalue weighted by molar-refractivity contribution is 5.88. The standard InChI is InChI=1S/C37H68N2O13/c1-14-25-37(10,45)30(41)20(4)27(38-46)18(2)16-35(8,44)32(52-34-28(40)24(39(11)12)15-19(3)48-34)21(5)29(22(6)33(43)50-25)51-26-17-36(9,47-13)31(42)23(7)49-26/h18-26,28-32,34,40-42,44-46H,14-17H2,1-13H3/b38-27-/t18-,19?,20+,21+,22-,23?,24-,25-,26+,28?,29+,30-,31+,32-,34+,35-,36+,37-/m1/s1. The minimum absolute atomic E-state index is 0.0657. The van der Waals surface area contributed by atoms with Gasteiger partial charge in [-0.1, -0.05) is 32.9 Å². The van der Waals surface area contributed by atoms with E-state index in [1.54, 1.807) is 55.4 Å². The number of aliphatic hydroxyl groups is 5. The normalized spacial score (nSPS) is 49.8. The smallest absolute Gasteiger partial charge is 0.311 e. The summed E-state index contributed by atoms with van der Waals surface area (Å²) in [6, 6.07) is -0.322. The maximum atomic E-state index is 14.1. The van der Waals surface area contributed by atoms with Gasteiger partial charge in [0, 0.05) is 37.3 Å². The van der Waals surface area contributed by atoms with Gasteiger partial charge in [0.2, 0.25) is 0 Å². The van der Waals surface area contributed by atoms with Gasteiger partial charge in [0.25, 0.3) is 0 Å². The lowest BCUT2D eigenvalue weighted by Crippen LogP contribution is -2.61. The predicted molar refractivity (Wildman–Crippen MR) is 190 cm³/mol. The zero-order valence-corrected chi connectivity index (χ0v) is 33.4. The van der Waals surface area contributed by atoms with E-state index in [-0.39, 0.29) is 37.1 Å². The zero-order valence-electron chi connectivity index (χ0n) is 33.4. The largest absolute Gasteiger partial charge is 0.459 e. The van der Waals surface area contributed by atoms with Gasteiger partial charge in [-0.3, -0.25) is 4.79 Å². The second-order valence-electron chi connectivity index (χ2n) is 16.6. The second-order valence-corrected chi connectivity index (χ2v) is 16.6. The molecule has 0 aromatic rings. The molecule has 3 unspecified atom stereocenters. The molecule has 3 rings (SSSR count). The third-order valence-corrected chi connectivity index (χ3v) is 12.0. The highest BCUT2D eigenvalue weighted by atomic mass is 16.7. The molecular weight excluding hydrogens is 680 g/mol. The van der Waals surface area contributed by atoms with Crippen LogP contribution in [0.5, 0.6) is 0 Å². The van der Waals surface area contributed by atoms with E-state index in [1.807, 2.05) is 25.9 Å². The fourth-order valence-electron chi connectivity index (χ4n) is 8.61. The number of rotatable bonds is 7. The Morgan fingerprint density at radius 3 is 2.08 bits per heavy atom. The van der Waals surface area contributed by atoms with Crippen LogP contribution in [0.1, 0.15) is 94.9 Å². The molecule has 0 saturated carbocycles. The van der Waals surface area contributed by atoms with Gasteiger partial charge in [0.15, 0.2) is 12.6 Å². The quantitative estimate of drug-likeness (QED) is 0.125. The van der Waals surface area contributed by atoms with Crippen molar-refractivity contribution in [2.75, 3.05) is 21.2 Å². The van der Waals surface area contributed by atoms with Gasteiger partial charge in [-0.2, -0.15) is 0 Å². The first-order chi connectivity index (χ1) is 24.0. The highest BCUT2D eigenvalue weighted by Crippen LogP contribution is 2.41. The van der Waals surface area contributed by atoms with Crippen LogP contribution in [0.4, 0.5) is 0 Å². The van der Waals surface area contributed by atoms with Gasteiger partial charge in [0.1, 0.15) is 23.9 Å². The Morgan fingerprint density at radius 2 is 1.54 bits per heavy atom. The molecule has 0 spiro atoms. The summed E-state index contributed by atoms with van der Waals surface area (Å²) in [7, 11) is 5.19. The van der Waals surface area contributed by atoms with Gasteiger partial charge >= 0.3 is 5.97 Å². The zero-order chi connectivity index (χ0) is 39.7. The molecule has 6 N–H and O–H groups in total. The maximum absolute atomic E-state index is 14.1. The van der Waals surface area contributed by atoms with E-state index in [1.165, 1.54) is 14.0 Å². The number of methoxy groups -OCH3 is 1. The monoisotopic (exact) mass is 748 g/mol. The van der Waals surface area contributed by atoms with E-state index < -0.39 is 102 Å². The molecule has 0 aromatic carbocycles. The summed E-state index contributed by atoms with van der Waals surface area (Å²) < 4.78 is 37.2. The second kappa shape index (κ2) is 17.5. The van der Waals surface area contributed by atoms with Crippen molar-refractivity contribution >= 4 is 11.7 Å². The lowest BCUT2D eigenvalue weighted by molar-refractivity contribution is -0.317. The summed E-state index contributed by atoms with van der Waals surface area (Å²) in [4.78, 5) is 16.0. The molecule has 3 fully saturated rings. The Balaban J connectivity index is 2.21. The topological polar surface area (TPSA) is 209 Å². The maximum Gasteiger partial charge on any atom is 0.311 e. The van der Waals surface area contributed by atoms with Crippen LogP contribution in [0.3, 0.4) is 0 Å². The van der Waals surface area contributed by atoms with Crippen molar-refractivity contribution in [3.63, 3.8) is 0 Å². The molecule has 3 aliphatic rings. The number of likely N-dealkylation sites (N-methyl/N-ethyl adjacent to an activating group) is 1. The third-order valence-electron chi connectivity index (χ3n) is 12.0. The van der Waals surface area contributed by atoms with E-state index in [0.717, 1.165) is 0 Å². The minimum atomic E-state index is -1.97. The molecule has 18 atom stereocenters. The van der Waals surface area contributed by atoms with Crippen LogP contribution in [0, 0.1) is 23.7 Å². The van der Waals surface area contributed by atoms with E-state index in [4.69, 9.17) is 28.4 Å².